The molecule has 0 unspecified atom stereocenters. The molecule has 1 aliphatic heterocycles. The maximum atomic E-state index is 9.37. The fraction of sp³-hybridized carbons (Fsp3) is 0.833. The first kappa shape index (κ1) is 11.0. The zero-order valence-electron chi connectivity index (χ0n) is 7.37. The van der Waals surface area contributed by atoms with Gasteiger partial charge in [0.25, 0.3) is 0 Å². The van der Waals surface area contributed by atoms with Crippen LogP contribution in [0, 0.1) is 0 Å². The Morgan fingerprint density at radius 1 is 1.29 bits per heavy atom. The van der Waals surface area contributed by atoms with Crippen LogP contribution in [0.25, 0.3) is 0 Å². The number of rotatable bonds is 2. The molecule has 0 aromatic carbocycles. The van der Waals surface area contributed by atoms with E-state index >= 15 is 0 Å². The van der Waals surface area contributed by atoms with Crippen LogP contribution in [0.5, 0.6) is 0 Å². The Balaban J connectivity index is 2.51. The van der Waals surface area contributed by atoms with Gasteiger partial charge in [-0.15, -0.1) is 5.10 Å². The third-order valence-electron chi connectivity index (χ3n) is 1.82. The first-order valence-corrected chi connectivity index (χ1v) is 4.02. The maximum Gasteiger partial charge on any atom is 0.208 e. The molecular weight excluding hydrogens is 192 g/mol. The molecule has 4 atom stereocenters. The van der Waals surface area contributed by atoms with E-state index in [0.29, 0.717) is 0 Å². The van der Waals surface area contributed by atoms with E-state index < -0.39 is 24.5 Å². The first-order chi connectivity index (χ1) is 6.52. The van der Waals surface area contributed by atoms with Gasteiger partial charge in [0.15, 0.2) is 6.23 Å². The number of hydrogen-bond donors (Lipinski definition) is 6. The van der Waals surface area contributed by atoms with Crippen molar-refractivity contribution in [3.8, 4) is 0 Å². The summed E-state index contributed by atoms with van der Waals surface area (Å²) in [5.74, 6) is -0.221. The molecule has 0 spiro atoms. The Bertz CT molecular complexity index is 220. The quantitative estimate of drug-likeness (QED) is 0.154. The lowest BCUT2D eigenvalue weighted by molar-refractivity contribution is -0.195. The maximum absolute atomic E-state index is 9.37. The van der Waals surface area contributed by atoms with E-state index in [-0.39, 0.29) is 12.6 Å². The minimum absolute atomic E-state index is 0.101. The molecule has 0 amide bonds. The van der Waals surface area contributed by atoms with Gasteiger partial charge in [0.1, 0.15) is 18.3 Å². The van der Waals surface area contributed by atoms with Gasteiger partial charge in [-0.05, 0) is 0 Å². The molecule has 1 heterocycles. The van der Waals surface area contributed by atoms with Crippen LogP contribution in [0.1, 0.15) is 0 Å². The number of nitrogens with two attached hydrogens (primary N) is 2. The van der Waals surface area contributed by atoms with Crippen molar-refractivity contribution in [2.45, 2.75) is 24.5 Å². The van der Waals surface area contributed by atoms with Gasteiger partial charge in [-0.25, -0.2) is 0 Å². The van der Waals surface area contributed by atoms with E-state index in [1.54, 1.807) is 0 Å². The van der Waals surface area contributed by atoms with Gasteiger partial charge in [0.2, 0.25) is 5.96 Å². The minimum Gasteiger partial charge on any atom is -0.388 e. The molecule has 8 nitrogen and oxygen atoms in total. The number of nitrogens with zero attached hydrogens (tertiary/aromatic N) is 1. The van der Waals surface area contributed by atoms with Gasteiger partial charge in [-0.2, -0.15) is 0 Å². The zero-order valence-corrected chi connectivity index (χ0v) is 7.37. The van der Waals surface area contributed by atoms with Crippen molar-refractivity contribution in [2.75, 3.05) is 6.61 Å². The molecule has 0 aromatic rings. The molecule has 0 aliphatic carbocycles. The second kappa shape index (κ2) is 4.42. The predicted octanol–water partition coefficient (Wildman–Crippen LogP) is -3.80. The van der Waals surface area contributed by atoms with Crippen molar-refractivity contribution in [3.63, 3.8) is 0 Å². The molecule has 8 heteroatoms. The predicted molar refractivity (Wildman–Crippen MR) is 46.7 cm³/mol. The van der Waals surface area contributed by atoms with Crippen molar-refractivity contribution < 1.29 is 20.1 Å². The second-order valence-electron chi connectivity index (χ2n) is 2.97. The summed E-state index contributed by atoms with van der Waals surface area (Å²) in [5, 5.41) is 31.1. The van der Waals surface area contributed by atoms with Crippen molar-refractivity contribution in [1.82, 2.24) is 5.43 Å². The van der Waals surface area contributed by atoms with Gasteiger partial charge in [-0.3, -0.25) is 5.43 Å². The molecule has 82 valence electrons. The standard InChI is InChI=1S/C6H14N4O4/c7-6(8)10-9-5-4(13)3(12)2(11)1-14-5/h2-5,9,11-13H,1H2,(H4,7,8,10)/t2-,3+,4-,5-/m1/s1. The Morgan fingerprint density at radius 3 is 2.50 bits per heavy atom. The lowest BCUT2D eigenvalue weighted by atomic mass is 10.1. The van der Waals surface area contributed by atoms with Crippen molar-refractivity contribution in [2.24, 2.45) is 16.6 Å². The molecule has 1 aliphatic rings. The average molecular weight is 206 g/mol. The van der Waals surface area contributed by atoms with Gasteiger partial charge < -0.3 is 31.5 Å². The smallest absolute Gasteiger partial charge is 0.208 e. The first-order valence-electron chi connectivity index (χ1n) is 4.02. The number of ether oxygens (including phenoxy) is 1. The highest BCUT2D eigenvalue weighted by molar-refractivity contribution is 5.75. The normalized spacial score (nSPS) is 37.6. The van der Waals surface area contributed by atoms with E-state index in [4.69, 9.17) is 21.3 Å². The van der Waals surface area contributed by atoms with Crippen LogP contribution in [-0.2, 0) is 4.74 Å². The lowest BCUT2D eigenvalue weighted by Gasteiger charge is -2.34. The molecule has 8 N–H and O–H groups in total. The summed E-state index contributed by atoms with van der Waals surface area (Å²) < 4.78 is 4.93. The number of aliphatic hydroxyl groups excluding tert-OH is 3. The van der Waals surface area contributed by atoms with Crippen LogP contribution in [0.15, 0.2) is 5.10 Å². The molecule has 1 saturated heterocycles. The number of hydrazone groups is 1. The Hall–Kier alpha value is -1.09. The van der Waals surface area contributed by atoms with Crippen LogP contribution in [0.2, 0.25) is 0 Å². The third-order valence-corrected chi connectivity index (χ3v) is 1.82. The van der Waals surface area contributed by atoms with Gasteiger partial charge in [0, 0.05) is 0 Å². The highest BCUT2D eigenvalue weighted by atomic mass is 16.5. The number of nitrogens with one attached hydrogen (secondary N) is 1. The summed E-state index contributed by atoms with van der Waals surface area (Å²) in [6.07, 6.45) is -4.62. The Labute approximate surface area is 80.1 Å². The SMILES string of the molecule is NC(N)=NN[C@@H]1OC[C@@H](O)[C@H](O)[C@H]1O. The zero-order chi connectivity index (χ0) is 10.7. The number of guanidine groups is 1. The van der Waals surface area contributed by atoms with Gasteiger partial charge in [0.05, 0.1) is 6.61 Å². The third kappa shape index (κ3) is 2.45. The molecule has 0 bridgehead atoms. The van der Waals surface area contributed by atoms with Crippen molar-refractivity contribution in [3.05, 3.63) is 0 Å². The highest BCUT2D eigenvalue weighted by Crippen LogP contribution is 2.13. The summed E-state index contributed by atoms with van der Waals surface area (Å²) >= 11 is 0. The van der Waals surface area contributed by atoms with Crippen molar-refractivity contribution >= 4 is 5.96 Å². The Kier molecular flexibility index (Phi) is 3.47. The topological polar surface area (TPSA) is 146 Å². The molecule has 0 radical (unpaired) electrons. The highest BCUT2D eigenvalue weighted by Gasteiger charge is 2.37. The summed E-state index contributed by atoms with van der Waals surface area (Å²) in [6.45, 7) is -0.101. The van der Waals surface area contributed by atoms with Crippen LogP contribution in [0.3, 0.4) is 0 Å². The largest absolute Gasteiger partial charge is 0.388 e. The van der Waals surface area contributed by atoms with Crippen LogP contribution < -0.4 is 16.9 Å². The van der Waals surface area contributed by atoms with Crippen LogP contribution in [-0.4, -0.2) is 52.4 Å². The van der Waals surface area contributed by atoms with E-state index in [1.807, 2.05) is 0 Å². The fourth-order valence-electron chi connectivity index (χ4n) is 1.06. The van der Waals surface area contributed by atoms with E-state index in [2.05, 4.69) is 10.5 Å². The summed E-state index contributed by atoms with van der Waals surface area (Å²) in [5.41, 5.74) is 12.4. The van der Waals surface area contributed by atoms with Crippen LogP contribution in [0.4, 0.5) is 0 Å². The summed E-state index contributed by atoms with van der Waals surface area (Å²) in [6, 6.07) is 0. The molecule has 0 saturated carbocycles. The van der Waals surface area contributed by atoms with E-state index in [0.717, 1.165) is 0 Å². The second-order valence-corrected chi connectivity index (χ2v) is 2.97. The Morgan fingerprint density at radius 2 is 1.93 bits per heavy atom. The van der Waals surface area contributed by atoms with E-state index in [1.165, 1.54) is 0 Å². The lowest BCUT2D eigenvalue weighted by Crippen LogP contribution is -2.57. The monoisotopic (exact) mass is 206 g/mol. The number of hydrogen-bond acceptors (Lipinski definition) is 6. The van der Waals surface area contributed by atoms with E-state index in [9.17, 15) is 10.2 Å². The van der Waals surface area contributed by atoms with Gasteiger partial charge >= 0.3 is 0 Å². The summed E-state index contributed by atoms with van der Waals surface area (Å²) in [4.78, 5) is 0. The molecule has 14 heavy (non-hydrogen) atoms. The average Bonchev–Trinajstić information content (AvgIpc) is 2.13. The number of aliphatic hydroxyl groups is 3. The molecule has 1 fully saturated rings. The fourth-order valence-corrected chi connectivity index (χ4v) is 1.06. The molecule has 1 rings (SSSR count). The molecule has 0 aromatic heterocycles. The van der Waals surface area contributed by atoms with Crippen molar-refractivity contribution in [1.29, 1.82) is 0 Å². The molecular formula is C6H14N4O4. The summed E-state index contributed by atoms with van der Waals surface area (Å²) in [7, 11) is 0. The van der Waals surface area contributed by atoms with Crippen LogP contribution >= 0.6 is 0 Å². The van der Waals surface area contributed by atoms with Gasteiger partial charge in [-0.1, -0.05) is 0 Å². The minimum atomic E-state index is -1.29.